The summed E-state index contributed by atoms with van der Waals surface area (Å²) in [5, 5.41) is 10.7. The fourth-order valence-electron chi connectivity index (χ4n) is 1.48. The average molecular weight is 401 g/mol. The number of carbonyl (C=O) groups excluding carboxylic acids is 1. The topological polar surface area (TPSA) is 69.4 Å². The van der Waals surface area contributed by atoms with E-state index in [1.807, 2.05) is 0 Å². The monoisotopic (exact) mass is 399 g/mol. The highest BCUT2D eigenvalue weighted by Gasteiger charge is 2.12. The van der Waals surface area contributed by atoms with Gasteiger partial charge >= 0.3 is 0 Å². The Morgan fingerprint density at radius 2 is 1.85 bits per heavy atom. The summed E-state index contributed by atoms with van der Waals surface area (Å²) in [7, 11) is 0. The van der Waals surface area contributed by atoms with Gasteiger partial charge in [0.05, 0.1) is 15.5 Å². The number of nitro benzene ring substituents is 1. The van der Waals surface area contributed by atoms with Crippen LogP contribution in [0.2, 0.25) is 0 Å². The molecule has 0 aliphatic rings. The molecule has 0 N–H and O–H groups in total. The molecule has 0 spiro atoms. The van der Waals surface area contributed by atoms with Gasteiger partial charge in [-0.15, -0.1) is 0 Å². The summed E-state index contributed by atoms with van der Waals surface area (Å²) in [4.78, 5) is 21.0. The largest absolute Gasteiger partial charge is 0.456 e. The summed E-state index contributed by atoms with van der Waals surface area (Å²) in [6.45, 7) is 0. The second-order valence-corrected chi connectivity index (χ2v) is 5.48. The van der Waals surface area contributed by atoms with Crippen LogP contribution >= 0.6 is 31.9 Å². The molecule has 0 amide bonds. The second-order valence-electron chi connectivity index (χ2n) is 3.78. The van der Waals surface area contributed by atoms with Gasteiger partial charge in [0.15, 0.2) is 6.29 Å². The number of hydrogen-bond acceptors (Lipinski definition) is 4. The molecule has 0 aromatic heterocycles. The fourth-order valence-corrected chi connectivity index (χ4v) is 2.26. The van der Waals surface area contributed by atoms with E-state index in [9.17, 15) is 14.9 Å². The minimum atomic E-state index is -0.495. The summed E-state index contributed by atoms with van der Waals surface area (Å²) in [6.07, 6.45) is 0.719. The molecule has 0 aliphatic carbocycles. The lowest BCUT2D eigenvalue weighted by molar-refractivity contribution is -0.384. The van der Waals surface area contributed by atoms with Gasteiger partial charge in [-0.1, -0.05) is 0 Å². The Hall–Kier alpha value is -1.73. The number of benzene rings is 2. The van der Waals surface area contributed by atoms with Crippen LogP contribution in [0, 0.1) is 10.1 Å². The first-order valence-corrected chi connectivity index (χ1v) is 6.96. The summed E-state index contributed by atoms with van der Waals surface area (Å²) < 4.78 is 6.77. The van der Waals surface area contributed by atoms with Gasteiger partial charge in [-0.2, -0.15) is 0 Å². The normalized spacial score (nSPS) is 10.1. The van der Waals surface area contributed by atoms with Crippen LogP contribution in [0.3, 0.4) is 0 Å². The van der Waals surface area contributed by atoms with Gasteiger partial charge in [-0.25, -0.2) is 0 Å². The van der Waals surface area contributed by atoms with E-state index in [0.29, 0.717) is 26.0 Å². The van der Waals surface area contributed by atoms with Crippen LogP contribution in [0.25, 0.3) is 0 Å². The lowest BCUT2D eigenvalue weighted by Gasteiger charge is -2.08. The molecule has 20 heavy (non-hydrogen) atoms. The molecule has 0 saturated heterocycles. The lowest BCUT2D eigenvalue weighted by atomic mass is 10.2. The molecule has 102 valence electrons. The molecule has 0 bridgehead atoms. The van der Waals surface area contributed by atoms with Gasteiger partial charge in [0.1, 0.15) is 11.5 Å². The van der Waals surface area contributed by atoms with Crippen LogP contribution in [0.5, 0.6) is 11.5 Å². The van der Waals surface area contributed by atoms with E-state index >= 15 is 0 Å². The minimum absolute atomic E-state index is 0.0632. The van der Waals surface area contributed by atoms with Crippen LogP contribution in [-0.2, 0) is 0 Å². The van der Waals surface area contributed by atoms with Crippen molar-refractivity contribution in [3.8, 4) is 11.5 Å². The first-order valence-electron chi connectivity index (χ1n) is 5.38. The zero-order valence-corrected chi connectivity index (χ0v) is 13.0. The molecule has 7 heteroatoms. The standard InChI is InChI=1S/C13H7Br2NO4/c14-11-4-2-9(16(18)19)5-13(11)20-10-3-1-8(7-17)12(15)6-10/h1-7H. The molecule has 2 aromatic carbocycles. The summed E-state index contributed by atoms with van der Waals surface area (Å²) >= 11 is 6.51. The van der Waals surface area contributed by atoms with Crippen LogP contribution in [-0.4, -0.2) is 11.2 Å². The Kier molecular flexibility index (Phi) is 4.51. The van der Waals surface area contributed by atoms with Crippen molar-refractivity contribution in [2.24, 2.45) is 0 Å². The SMILES string of the molecule is O=Cc1ccc(Oc2cc([N+](=O)[O-])ccc2Br)cc1Br. The van der Waals surface area contributed by atoms with E-state index in [1.165, 1.54) is 12.1 Å². The molecule has 0 radical (unpaired) electrons. The quantitative estimate of drug-likeness (QED) is 0.422. The van der Waals surface area contributed by atoms with Gasteiger partial charge in [-0.3, -0.25) is 14.9 Å². The zero-order valence-electron chi connectivity index (χ0n) is 9.88. The van der Waals surface area contributed by atoms with Crippen molar-refractivity contribution in [3.05, 3.63) is 61.0 Å². The maximum Gasteiger partial charge on any atom is 0.273 e. The van der Waals surface area contributed by atoms with E-state index in [1.54, 1.807) is 24.3 Å². The second kappa shape index (κ2) is 6.15. The molecule has 2 aromatic rings. The molecule has 0 unspecified atom stereocenters. The van der Waals surface area contributed by atoms with Gasteiger partial charge in [0.2, 0.25) is 0 Å². The van der Waals surface area contributed by atoms with Crippen molar-refractivity contribution < 1.29 is 14.5 Å². The van der Waals surface area contributed by atoms with E-state index < -0.39 is 4.92 Å². The van der Waals surface area contributed by atoms with Crippen molar-refractivity contribution in [2.45, 2.75) is 0 Å². The highest BCUT2D eigenvalue weighted by atomic mass is 79.9. The number of rotatable bonds is 4. The molecule has 0 aliphatic heterocycles. The Bertz CT molecular complexity index is 688. The molecule has 0 atom stereocenters. The third-order valence-corrected chi connectivity index (χ3v) is 3.79. The predicted molar refractivity (Wildman–Crippen MR) is 80.4 cm³/mol. The highest BCUT2D eigenvalue weighted by Crippen LogP contribution is 2.34. The van der Waals surface area contributed by atoms with Crippen molar-refractivity contribution in [1.29, 1.82) is 0 Å². The first-order chi connectivity index (χ1) is 9.51. The predicted octanol–water partition coefficient (Wildman–Crippen LogP) is 4.72. The van der Waals surface area contributed by atoms with Crippen LogP contribution in [0.1, 0.15) is 10.4 Å². The van der Waals surface area contributed by atoms with Gasteiger partial charge in [-0.05, 0) is 56.1 Å². The van der Waals surface area contributed by atoms with Crippen molar-refractivity contribution in [1.82, 2.24) is 0 Å². The van der Waals surface area contributed by atoms with E-state index in [2.05, 4.69) is 31.9 Å². The summed E-state index contributed by atoms with van der Waals surface area (Å²) in [5.74, 6) is 0.786. The Morgan fingerprint density at radius 3 is 2.45 bits per heavy atom. The minimum Gasteiger partial charge on any atom is -0.456 e. The maximum atomic E-state index is 10.7. The number of non-ortho nitro benzene ring substituents is 1. The van der Waals surface area contributed by atoms with Crippen molar-refractivity contribution >= 4 is 43.8 Å². The lowest BCUT2D eigenvalue weighted by Crippen LogP contribution is -1.91. The average Bonchev–Trinajstić information content (AvgIpc) is 2.41. The number of halogens is 2. The summed E-state index contributed by atoms with van der Waals surface area (Å²) in [5.41, 5.74) is 0.433. The first kappa shape index (κ1) is 14.7. The third-order valence-electron chi connectivity index (χ3n) is 2.45. The molecule has 2 rings (SSSR count). The molecule has 0 saturated carbocycles. The number of carbonyl (C=O) groups is 1. The van der Waals surface area contributed by atoms with Crippen molar-refractivity contribution in [2.75, 3.05) is 0 Å². The number of aldehydes is 1. The number of hydrogen-bond donors (Lipinski definition) is 0. The summed E-state index contributed by atoms with van der Waals surface area (Å²) in [6, 6.07) is 9.07. The number of nitro groups is 1. The molecule has 5 nitrogen and oxygen atoms in total. The van der Waals surface area contributed by atoms with Gasteiger partial charge < -0.3 is 4.74 Å². The van der Waals surface area contributed by atoms with Crippen LogP contribution < -0.4 is 4.74 Å². The molecule has 0 fully saturated rings. The Morgan fingerprint density at radius 1 is 1.10 bits per heavy atom. The Labute approximate surface area is 131 Å². The number of nitrogens with zero attached hydrogens (tertiary/aromatic N) is 1. The zero-order chi connectivity index (χ0) is 14.7. The fraction of sp³-hybridized carbons (Fsp3) is 0. The van der Waals surface area contributed by atoms with Gasteiger partial charge in [0, 0.05) is 16.1 Å². The highest BCUT2D eigenvalue weighted by molar-refractivity contribution is 9.10. The van der Waals surface area contributed by atoms with E-state index in [0.717, 1.165) is 6.29 Å². The van der Waals surface area contributed by atoms with E-state index in [4.69, 9.17) is 4.74 Å². The Balaban J connectivity index is 2.34. The maximum absolute atomic E-state index is 10.7. The van der Waals surface area contributed by atoms with E-state index in [-0.39, 0.29) is 5.69 Å². The van der Waals surface area contributed by atoms with Crippen LogP contribution in [0.15, 0.2) is 45.3 Å². The third kappa shape index (κ3) is 3.23. The molecular weight excluding hydrogens is 394 g/mol. The van der Waals surface area contributed by atoms with Crippen LogP contribution in [0.4, 0.5) is 5.69 Å². The smallest absolute Gasteiger partial charge is 0.273 e. The molecular formula is C13H7Br2NO4. The molecule has 0 heterocycles. The number of ether oxygens (including phenoxy) is 1. The van der Waals surface area contributed by atoms with Gasteiger partial charge in [0.25, 0.3) is 5.69 Å². The van der Waals surface area contributed by atoms with Crippen molar-refractivity contribution in [3.63, 3.8) is 0 Å².